The zero-order chi connectivity index (χ0) is 7.40. The number of nitrogens with zero attached hydrogens (tertiary/aromatic N) is 1. The van der Waals surface area contributed by atoms with E-state index in [1.54, 1.807) is 0 Å². The average Bonchev–Trinajstić information content (AvgIpc) is 1.92. The van der Waals surface area contributed by atoms with Gasteiger partial charge in [0.1, 0.15) is 0 Å². The van der Waals surface area contributed by atoms with Gasteiger partial charge in [0.25, 0.3) is 0 Å². The molecule has 0 amide bonds. The Kier molecular flexibility index (Phi) is 2.82. The van der Waals surface area contributed by atoms with Gasteiger partial charge in [0.15, 0.2) is 0 Å². The lowest BCUT2D eigenvalue weighted by Gasteiger charge is -2.05. The van der Waals surface area contributed by atoms with Gasteiger partial charge in [-0.05, 0) is 27.9 Å². The molecular weight excluding hydrogens is 141 g/mol. The molecule has 0 radical (unpaired) electrons. The predicted molar refractivity (Wildman–Crippen MR) is 48.9 cm³/mol. The smallest absolute Gasteiger partial charge is 0.0413 e. The first kappa shape index (κ1) is 7.68. The summed E-state index contributed by atoms with van der Waals surface area (Å²) in [5, 5.41) is 0. The minimum absolute atomic E-state index is 0.0783. The molecule has 0 aliphatic carbocycles. The molecule has 1 unspecified atom stereocenters. The van der Waals surface area contributed by atoms with Crippen LogP contribution in [0.3, 0.4) is 0 Å². The number of hydrogen-bond acceptors (Lipinski definition) is 1. The molecule has 0 bridgehead atoms. The molecule has 1 aliphatic heterocycles. The van der Waals surface area contributed by atoms with E-state index in [0.29, 0.717) is 0 Å². The Morgan fingerprint density at radius 3 is 3.10 bits per heavy atom. The van der Waals surface area contributed by atoms with E-state index in [-0.39, 0.29) is 7.92 Å². The second-order valence-corrected chi connectivity index (χ2v) is 4.46. The zero-order valence-corrected chi connectivity index (χ0v) is 7.31. The van der Waals surface area contributed by atoms with Gasteiger partial charge >= 0.3 is 0 Å². The number of allylic oxidation sites excluding steroid dienone is 2. The summed E-state index contributed by atoms with van der Waals surface area (Å²) in [6, 6.07) is 0. The zero-order valence-electron chi connectivity index (χ0n) is 6.41. The van der Waals surface area contributed by atoms with Crippen LogP contribution >= 0.6 is 7.92 Å². The lowest BCUT2D eigenvalue weighted by atomic mass is 10.4. The molecule has 10 heavy (non-hydrogen) atoms. The Labute approximate surface area is 63.3 Å². The summed E-state index contributed by atoms with van der Waals surface area (Å²) < 4.78 is 0. The standard InChI is InChI=1S/C8H12NP/c1-8-9-6-4-3-5-7-10(8)2/h4-7H,3H2,1-2H3/b6-4?,7-5-,9-8?. The van der Waals surface area contributed by atoms with Gasteiger partial charge in [-0.25, -0.2) is 0 Å². The maximum Gasteiger partial charge on any atom is 0.0413 e. The van der Waals surface area contributed by atoms with E-state index in [1.807, 2.05) is 6.20 Å². The van der Waals surface area contributed by atoms with Crippen LogP contribution in [0.4, 0.5) is 0 Å². The fourth-order valence-corrected chi connectivity index (χ4v) is 1.62. The molecule has 0 N–H and O–H groups in total. The number of hydrogen-bond donors (Lipinski definition) is 0. The molecule has 0 spiro atoms. The largest absolute Gasteiger partial charge is 0.261 e. The van der Waals surface area contributed by atoms with Gasteiger partial charge < -0.3 is 0 Å². The van der Waals surface area contributed by atoms with Gasteiger partial charge in [-0.3, -0.25) is 4.99 Å². The van der Waals surface area contributed by atoms with Crippen LogP contribution in [-0.4, -0.2) is 12.1 Å². The van der Waals surface area contributed by atoms with Crippen molar-refractivity contribution in [3.05, 3.63) is 24.2 Å². The molecule has 1 nitrogen and oxygen atoms in total. The molecule has 0 aromatic carbocycles. The first-order valence-corrected chi connectivity index (χ1v) is 5.25. The molecule has 1 atom stereocenters. The minimum Gasteiger partial charge on any atom is -0.261 e. The van der Waals surface area contributed by atoms with Crippen molar-refractivity contribution >= 4 is 13.4 Å². The van der Waals surface area contributed by atoms with Crippen molar-refractivity contribution in [2.75, 3.05) is 6.66 Å². The Morgan fingerprint density at radius 1 is 1.50 bits per heavy atom. The Morgan fingerprint density at radius 2 is 2.30 bits per heavy atom. The minimum atomic E-state index is -0.0783. The third kappa shape index (κ3) is 2.07. The highest BCUT2D eigenvalue weighted by Gasteiger charge is 1.98. The maximum atomic E-state index is 4.28. The summed E-state index contributed by atoms with van der Waals surface area (Å²) in [5.74, 6) is 2.26. The van der Waals surface area contributed by atoms with Gasteiger partial charge in [-0.15, -0.1) is 0 Å². The molecule has 1 aliphatic rings. The number of aliphatic imine (C=N–C) groups is 1. The molecule has 1 heterocycles. The third-order valence-corrected chi connectivity index (χ3v) is 3.27. The van der Waals surface area contributed by atoms with Crippen molar-refractivity contribution in [2.24, 2.45) is 4.99 Å². The highest BCUT2D eigenvalue weighted by Crippen LogP contribution is 2.34. The van der Waals surface area contributed by atoms with Crippen LogP contribution in [0.5, 0.6) is 0 Å². The SMILES string of the molecule is CC1=NC=CC/C=C\P1C. The van der Waals surface area contributed by atoms with Crippen molar-refractivity contribution in [1.29, 1.82) is 0 Å². The molecule has 0 saturated heterocycles. The maximum absolute atomic E-state index is 4.28. The van der Waals surface area contributed by atoms with Gasteiger partial charge in [-0.1, -0.05) is 18.0 Å². The van der Waals surface area contributed by atoms with Crippen molar-refractivity contribution in [2.45, 2.75) is 13.3 Å². The second kappa shape index (κ2) is 3.68. The quantitative estimate of drug-likeness (QED) is 0.474. The van der Waals surface area contributed by atoms with E-state index in [9.17, 15) is 0 Å². The Hall–Kier alpha value is -0.420. The molecule has 1 rings (SSSR count). The van der Waals surface area contributed by atoms with Crippen LogP contribution in [0.15, 0.2) is 29.2 Å². The van der Waals surface area contributed by atoms with Crippen LogP contribution in [0.1, 0.15) is 13.3 Å². The summed E-state index contributed by atoms with van der Waals surface area (Å²) in [6.45, 7) is 4.32. The van der Waals surface area contributed by atoms with Gasteiger partial charge in [0.2, 0.25) is 0 Å². The lowest BCUT2D eigenvalue weighted by molar-refractivity contribution is 1.36. The summed E-state index contributed by atoms with van der Waals surface area (Å²) in [5.41, 5.74) is 1.25. The van der Waals surface area contributed by atoms with Crippen molar-refractivity contribution in [3.63, 3.8) is 0 Å². The van der Waals surface area contributed by atoms with E-state index in [0.717, 1.165) is 6.42 Å². The first-order chi connectivity index (χ1) is 4.80. The van der Waals surface area contributed by atoms with Crippen LogP contribution in [-0.2, 0) is 0 Å². The summed E-state index contributed by atoms with van der Waals surface area (Å²) in [6.07, 6.45) is 7.21. The van der Waals surface area contributed by atoms with Crippen LogP contribution in [0.25, 0.3) is 0 Å². The summed E-state index contributed by atoms with van der Waals surface area (Å²) >= 11 is 0. The van der Waals surface area contributed by atoms with Crippen molar-refractivity contribution in [1.82, 2.24) is 0 Å². The molecule has 0 saturated carbocycles. The summed E-state index contributed by atoms with van der Waals surface area (Å²) in [4.78, 5) is 4.28. The fourth-order valence-electron chi connectivity index (χ4n) is 0.718. The molecular formula is C8H12NP. The Bertz CT molecular complexity index is 191. The van der Waals surface area contributed by atoms with E-state index in [2.05, 4.69) is 36.6 Å². The third-order valence-electron chi connectivity index (χ3n) is 1.48. The van der Waals surface area contributed by atoms with Crippen molar-refractivity contribution in [3.8, 4) is 0 Å². The van der Waals surface area contributed by atoms with Gasteiger partial charge in [0, 0.05) is 11.7 Å². The Balaban J connectivity index is 2.77. The predicted octanol–water partition coefficient (Wildman–Crippen LogP) is 2.95. The normalized spacial score (nSPS) is 28.6. The van der Waals surface area contributed by atoms with Gasteiger partial charge in [0.05, 0.1) is 0 Å². The molecule has 0 aromatic rings. The first-order valence-electron chi connectivity index (χ1n) is 3.39. The fraction of sp³-hybridized carbons (Fsp3) is 0.375. The van der Waals surface area contributed by atoms with Crippen LogP contribution in [0, 0.1) is 0 Å². The van der Waals surface area contributed by atoms with E-state index in [1.165, 1.54) is 5.45 Å². The van der Waals surface area contributed by atoms with Gasteiger partial charge in [-0.2, -0.15) is 0 Å². The van der Waals surface area contributed by atoms with E-state index >= 15 is 0 Å². The molecule has 0 aromatic heterocycles. The van der Waals surface area contributed by atoms with E-state index in [4.69, 9.17) is 0 Å². The lowest BCUT2D eigenvalue weighted by Crippen LogP contribution is -1.84. The highest BCUT2D eigenvalue weighted by atomic mass is 31.1. The molecule has 0 fully saturated rings. The summed E-state index contributed by atoms with van der Waals surface area (Å²) in [7, 11) is -0.0783. The second-order valence-electron chi connectivity index (χ2n) is 2.29. The monoisotopic (exact) mass is 153 g/mol. The van der Waals surface area contributed by atoms with Crippen molar-refractivity contribution < 1.29 is 0 Å². The number of rotatable bonds is 0. The topological polar surface area (TPSA) is 12.4 Å². The highest BCUT2D eigenvalue weighted by molar-refractivity contribution is 7.77. The van der Waals surface area contributed by atoms with Crippen LogP contribution in [0.2, 0.25) is 0 Å². The average molecular weight is 153 g/mol. The molecule has 2 heteroatoms. The van der Waals surface area contributed by atoms with Crippen LogP contribution < -0.4 is 0 Å². The molecule has 54 valence electrons. The van der Waals surface area contributed by atoms with E-state index < -0.39 is 0 Å².